The van der Waals surface area contributed by atoms with E-state index in [1.54, 1.807) is 29.0 Å². The zero-order chi connectivity index (χ0) is 18.8. The molecule has 0 radical (unpaired) electrons. The van der Waals surface area contributed by atoms with Crippen molar-refractivity contribution in [2.24, 2.45) is 0 Å². The van der Waals surface area contributed by atoms with Crippen molar-refractivity contribution in [1.82, 2.24) is 14.5 Å². The number of halogens is 1. The second kappa shape index (κ2) is 7.17. The van der Waals surface area contributed by atoms with Gasteiger partial charge in [0.05, 0.1) is 35.9 Å². The Morgan fingerprint density at radius 3 is 2.56 bits per heavy atom. The van der Waals surface area contributed by atoms with E-state index in [-0.39, 0.29) is 11.4 Å². The molecular formula is C21H18FN3O2. The van der Waals surface area contributed by atoms with Gasteiger partial charge in [-0.25, -0.2) is 9.37 Å². The second-order valence-electron chi connectivity index (χ2n) is 6.41. The molecule has 4 aromatic rings. The first kappa shape index (κ1) is 17.2. The fraction of sp³-hybridized carbons (Fsp3) is 0.143. The van der Waals surface area contributed by atoms with Crippen LogP contribution in [-0.4, -0.2) is 21.5 Å². The lowest BCUT2D eigenvalue weighted by Gasteiger charge is -2.19. The molecule has 0 amide bonds. The summed E-state index contributed by atoms with van der Waals surface area (Å²) in [5.74, 6) is 1.06. The van der Waals surface area contributed by atoms with Gasteiger partial charge in [-0.1, -0.05) is 12.1 Å². The summed E-state index contributed by atoms with van der Waals surface area (Å²) in [5, 5.41) is 0.527. The van der Waals surface area contributed by atoms with Gasteiger partial charge in [0.2, 0.25) is 0 Å². The monoisotopic (exact) mass is 363 g/mol. The van der Waals surface area contributed by atoms with Gasteiger partial charge < -0.3 is 4.42 Å². The van der Waals surface area contributed by atoms with Crippen molar-refractivity contribution in [3.05, 3.63) is 94.7 Å². The minimum absolute atomic E-state index is 0.173. The van der Waals surface area contributed by atoms with E-state index in [0.717, 1.165) is 5.76 Å². The highest BCUT2D eigenvalue weighted by molar-refractivity contribution is 5.77. The summed E-state index contributed by atoms with van der Waals surface area (Å²) in [7, 11) is 1.93. The Bertz CT molecular complexity index is 1120. The third kappa shape index (κ3) is 3.52. The maximum atomic E-state index is 13.4. The van der Waals surface area contributed by atoms with Crippen LogP contribution >= 0.6 is 0 Å². The van der Waals surface area contributed by atoms with Crippen LogP contribution in [0.1, 0.15) is 11.6 Å². The van der Waals surface area contributed by atoms with Crippen LogP contribution < -0.4 is 5.56 Å². The third-order valence-electron chi connectivity index (χ3n) is 4.35. The number of fused-ring (bicyclic) bond motifs is 1. The summed E-state index contributed by atoms with van der Waals surface area (Å²) in [4.78, 5) is 19.8. The van der Waals surface area contributed by atoms with E-state index in [9.17, 15) is 9.18 Å². The molecule has 0 aliphatic rings. The van der Waals surface area contributed by atoms with Gasteiger partial charge in [-0.15, -0.1) is 0 Å². The Hall–Kier alpha value is -3.25. The van der Waals surface area contributed by atoms with Gasteiger partial charge in [-0.3, -0.25) is 14.3 Å². The third-order valence-corrected chi connectivity index (χ3v) is 4.35. The Kier molecular flexibility index (Phi) is 4.56. The molecule has 0 spiro atoms. The molecule has 0 aliphatic carbocycles. The van der Waals surface area contributed by atoms with E-state index in [2.05, 4.69) is 0 Å². The van der Waals surface area contributed by atoms with E-state index >= 15 is 0 Å². The molecular weight excluding hydrogens is 345 g/mol. The van der Waals surface area contributed by atoms with Crippen LogP contribution in [0.25, 0.3) is 16.6 Å². The van der Waals surface area contributed by atoms with E-state index in [0.29, 0.717) is 35.5 Å². The molecule has 0 saturated heterocycles. The summed E-state index contributed by atoms with van der Waals surface area (Å²) >= 11 is 0. The highest BCUT2D eigenvalue weighted by Gasteiger charge is 2.15. The highest BCUT2D eigenvalue weighted by Crippen LogP contribution is 2.16. The normalized spacial score (nSPS) is 11.4. The Balaban J connectivity index is 1.80. The molecule has 2 aromatic carbocycles. The molecule has 27 heavy (non-hydrogen) atoms. The van der Waals surface area contributed by atoms with Crippen molar-refractivity contribution in [2.75, 3.05) is 7.05 Å². The van der Waals surface area contributed by atoms with Crippen LogP contribution in [0.5, 0.6) is 0 Å². The molecule has 0 aliphatic heterocycles. The first-order valence-corrected chi connectivity index (χ1v) is 8.59. The van der Waals surface area contributed by atoms with Gasteiger partial charge in [-0.2, -0.15) is 0 Å². The SMILES string of the molecule is CN(Cc1ccco1)Cc1nc2ccccc2c(=O)n1-c1ccc(F)cc1. The standard InChI is InChI=1S/C21H18FN3O2/c1-24(13-17-5-4-12-27-17)14-20-23-19-7-3-2-6-18(19)21(26)25(20)16-10-8-15(22)9-11-16/h2-12H,13-14H2,1H3. The fourth-order valence-corrected chi connectivity index (χ4v) is 3.11. The number of furan rings is 1. The van der Waals surface area contributed by atoms with Crippen LogP contribution in [-0.2, 0) is 13.1 Å². The minimum atomic E-state index is -0.350. The quantitative estimate of drug-likeness (QED) is 0.542. The second-order valence-corrected chi connectivity index (χ2v) is 6.41. The van der Waals surface area contributed by atoms with E-state index < -0.39 is 0 Å². The van der Waals surface area contributed by atoms with Crippen LogP contribution in [0, 0.1) is 5.82 Å². The zero-order valence-corrected chi connectivity index (χ0v) is 14.8. The Morgan fingerprint density at radius 1 is 1.04 bits per heavy atom. The van der Waals surface area contributed by atoms with E-state index in [1.807, 2.05) is 42.3 Å². The van der Waals surface area contributed by atoms with E-state index in [1.165, 1.54) is 12.1 Å². The molecule has 2 heterocycles. The molecule has 136 valence electrons. The molecule has 6 heteroatoms. The zero-order valence-electron chi connectivity index (χ0n) is 14.8. The van der Waals surface area contributed by atoms with Crippen LogP contribution in [0.15, 0.2) is 76.1 Å². The van der Waals surface area contributed by atoms with Crippen LogP contribution in [0.3, 0.4) is 0 Å². The summed E-state index contributed by atoms with van der Waals surface area (Å²) in [6.45, 7) is 1.01. The average Bonchev–Trinajstić information content (AvgIpc) is 3.16. The first-order chi connectivity index (χ1) is 13.1. The number of hydrogen-bond donors (Lipinski definition) is 0. The van der Waals surface area contributed by atoms with Gasteiger partial charge in [0.1, 0.15) is 17.4 Å². The summed E-state index contributed by atoms with van der Waals surface area (Å²) in [6.07, 6.45) is 1.63. The van der Waals surface area contributed by atoms with Crippen molar-refractivity contribution in [2.45, 2.75) is 13.1 Å². The molecule has 4 rings (SSSR count). The maximum absolute atomic E-state index is 13.4. The van der Waals surface area contributed by atoms with Crippen molar-refractivity contribution < 1.29 is 8.81 Å². The van der Waals surface area contributed by atoms with Crippen molar-refractivity contribution >= 4 is 10.9 Å². The number of para-hydroxylation sites is 1. The first-order valence-electron chi connectivity index (χ1n) is 8.59. The summed E-state index contributed by atoms with van der Waals surface area (Å²) in [5.41, 5.74) is 1.05. The van der Waals surface area contributed by atoms with E-state index in [4.69, 9.17) is 9.40 Å². The molecule has 0 fully saturated rings. The number of aromatic nitrogens is 2. The predicted octanol–water partition coefficient (Wildman–Crippen LogP) is 3.75. The lowest BCUT2D eigenvalue weighted by molar-refractivity contribution is 0.279. The minimum Gasteiger partial charge on any atom is -0.468 e. The molecule has 0 unspecified atom stereocenters. The van der Waals surface area contributed by atoms with Crippen LogP contribution in [0.4, 0.5) is 4.39 Å². The topological polar surface area (TPSA) is 51.3 Å². The highest BCUT2D eigenvalue weighted by atomic mass is 19.1. The van der Waals surface area contributed by atoms with Crippen molar-refractivity contribution in [1.29, 1.82) is 0 Å². The Labute approximate surface area is 155 Å². The van der Waals surface area contributed by atoms with Gasteiger partial charge in [0, 0.05) is 0 Å². The van der Waals surface area contributed by atoms with Gasteiger partial charge in [0.15, 0.2) is 0 Å². The predicted molar refractivity (Wildman–Crippen MR) is 101 cm³/mol. The number of hydrogen-bond acceptors (Lipinski definition) is 4. The van der Waals surface area contributed by atoms with Gasteiger partial charge in [-0.05, 0) is 55.6 Å². The summed E-state index contributed by atoms with van der Waals surface area (Å²) < 4.78 is 20.3. The molecule has 0 saturated carbocycles. The average molecular weight is 363 g/mol. The molecule has 0 bridgehead atoms. The molecule has 2 aromatic heterocycles. The number of benzene rings is 2. The summed E-state index contributed by atoms with van der Waals surface area (Å²) in [6, 6.07) is 16.8. The van der Waals surface area contributed by atoms with Crippen molar-refractivity contribution in [3.8, 4) is 5.69 Å². The van der Waals surface area contributed by atoms with Gasteiger partial charge >= 0.3 is 0 Å². The molecule has 0 N–H and O–H groups in total. The van der Waals surface area contributed by atoms with Gasteiger partial charge in [0.25, 0.3) is 5.56 Å². The lowest BCUT2D eigenvalue weighted by Crippen LogP contribution is -2.28. The Morgan fingerprint density at radius 2 is 1.81 bits per heavy atom. The number of nitrogens with zero attached hydrogens (tertiary/aromatic N) is 3. The number of rotatable bonds is 5. The largest absolute Gasteiger partial charge is 0.468 e. The maximum Gasteiger partial charge on any atom is 0.266 e. The van der Waals surface area contributed by atoms with Crippen molar-refractivity contribution in [3.63, 3.8) is 0 Å². The molecule has 0 atom stereocenters. The molecule has 5 nitrogen and oxygen atoms in total. The fourth-order valence-electron chi connectivity index (χ4n) is 3.11. The lowest BCUT2D eigenvalue weighted by atomic mass is 10.2. The van der Waals surface area contributed by atoms with Crippen LogP contribution in [0.2, 0.25) is 0 Å². The smallest absolute Gasteiger partial charge is 0.266 e.